The van der Waals surface area contributed by atoms with Crippen LogP contribution < -0.4 is 5.32 Å². The van der Waals surface area contributed by atoms with E-state index < -0.39 is 0 Å². The molecule has 0 aliphatic carbocycles. The van der Waals surface area contributed by atoms with E-state index in [2.05, 4.69) is 10.2 Å². The number of carbonyl (C=O) groups is 1. The second-order valence-electron chi connectivity index (χ2n) is 4.54. The van der Waals surface area contributed by atoms with E-state index in [9.17, 15) is 4.79 Å². The summed E-state index contributed by atoms with van der Waals surface area (Å²) in [7, 11) is 0. The molecule has 0 radical (unpaired) electrons. The zero-order chi connectivity index (χ0) is 10.7. The van der Waals surface area contributed by atoms with Crippen molar-refractivity contribution in [3.05, 3.63) is 0 Å². The highest BCUT2D eigenvalue weighted by atomic mass is 32.2. The van der Waals surface area contributed by atoms with Gasteiger partial charge in [0.25, 0.3) is 0 Å². The number of nitrogens with one attached hydrogen (secondary N) is 1. The fourth-order valence-corrected chi connectivity index (χ4v) is 3.55. The van der Waals surface area contributed by atoms with Crippen molar-refractivity contribution in [1.29, 1.82) is 0 Å². The summed E-state index contributed by atoms with van der Waals surface area (Å²) in [6.45, 7) is 4.88. The fraction of sp³-hybridized carbons (Fsp3) is 0.909. The smallest absolute Gasteiger partial charge is 0.239 e. The maximum atomic E-state index is 12.0. The van der Waals surface area contributed by atoms with E-state index in [1.165, 1.54) is 17.9 Å². The molecular weight excluding hydrogens is 208 g/mol. The molecule has 0 aromatic rings. The molecular formula is C11H20N2OS. The standard InChI is InChI=1S/C11H20N2OS/c1-9-11(14)13(5-2-4-12-9)7-10-3-6-15-8-10/h9-10,12H,2-8H2,1H3. The van der Waals surface area contributed by atoms with E-state index in [1.807, 2.05) is 18.7 Å². The quantitative estimate of drug-likeness (QED) is 0.764. The summed E-state index contributed by atoms with van der Waals surface area (Å²) in [5.41, 5.74) is 0. The number of carbonyl (C=O) groups excluding carboxylic acids is 1. The molecule has 2 saturated heterocycles. The Labute approximate surface area is 96.0 Å². The molecule has 0 aromatic carbocycles. The van der Waals surface area contributed by atoms with Crippen LogP contribution in [-0.2, 0) is 4.79 Å². The first-order chi connectivity index (χ1) is 7.27. The lowest BCUT2D eigenvalue weighted by atomic mass is 10.1. The van der Waals surface area contributed by atoms with Crippen LogP contribution in [0.25, 0.3) is 0 Å². The van der Waals surface area contributed by atoms with E-state index in [-0.39, 0.29) is 6.04 Å². The second kappa shape index (κ2) is 5.21. The monoisotopic (exact) mass is 228 g/mol. The van der Waals surface area contributed by atoms with Crippen molar-refractivity contribution in [2.75, 3.05) is 31.1 Å². The minimum absolute atomic E-state index is 0.0153. The third-order valence-electron chi connectivity index (χ3n) is 3.24. The Morgan fingerprint density at radius 2 is 2.47 bits per heavy atom. The molecule has 4 heteroatoms. The second-order valence-corrected chi connectivity index (χ2v) is 5.69. The van der Waals surface area contributed by atoms with Crippen LogP contribution in [0, 0.1) is 5.92 Å². The van der Waals surface area contributed by atoms with Crippen molar-refractivity contribution in [2.24, 2.45) is 5.92 Å². The zero-order valence-electron chi connectivity index (χ0n) is 9.37. The van der Waals surface area contributed by atoms with Gasteiger partial charge in [-0.25, -0.2) is 0 Å². The molecule has 2 unspecified atom stereocenters. The third kappa shape index (κ3) is 2.88. The summed E-state index contributed by atoms with van der Waals surface area (Å²) in [6.07, 6.45) is 2.38. The Morgan fingerprint density at radius 3 is 3.20 bits per heavy atom. The van der Waals surface area contributed by atoms with Gasteiger partial charge in [0.05, 0.1) is 6.04 Å². The molecule has 2 rings (SSSR count). The lowest BCUT2D eigenvalue weighted by Gasteiger charge is -2.25. The van der Waals surface area contributed by atoms with E-state index in [1.54, 1.807) is 0 Å². The van der Waals surface area contributed by atoms with Gasteiger partial charge in [0.2, 0.25) is 5.91 Å². The Balaban J connectivity index is 1.90. The molecule has 0 spiro atoms. The van der Waals surface area contributed by atoms with E-state index in [0.29, 0.717) is 5.91 Å². The molecule has 0 aromatic heterocycles. The first-order valence-electron chi connectivity index (χ1n) is 5.87. The largest absolute Gasteiger partial charge is 0.341 e. The molecule has 2 aliphatic rings. The van der Waals surface area contributed by atoms with Gasteiger partial charge in [0.1, 0.15) is 0 Å². The average molecular weight is 228 g/mol. The normalized spacial score (nSPS) is 33.1. The Bertz CT molecular complexity index is 229. The van der Waals surface area contributed by atoms with Gasteiger partial charge < -0.3 is 10.2 Å². The van der Waals surface area contributed by atoms with Crippen LogP contribution in [0.15, 0.2) is 0 Å². The van der Waals surface area contributed by atoms with Crippen molar-refractivity contribution >= 4 is 17.7 Å². The van der Waals surface area contributed by atoms with Crippen LogP contribution in [0.1, 0.15) is 19.8 Å². The van der Waals surface area contributed by atoms with E-state index in [4.69, 9.17) is 0 Å². The van der Waals surface area contributed by atoms with Crippen molar-refractivity contribution in [3.63, 3.8) is 0 Å². The average Bonchev–Trinajstić information content (AvgIpc) is 2.68. The molecule has 2 aliphatic heterocycles. The fourth-order valence-electron chi connectivity index (χ4n) is 2.28. The van der Waals surface area contributed by atoms with Gasteiger partial charge >= 0.3 is 0 Å². The number of hydrogen-bond acceptors (Lipinski definition) is 3. The number of rotatable bonds is 2. The van der Waals surface area contributed by atoms with Crippen LogP contribution in [0.4, 0.5) is 0 Å². The van der Waals surface area contributed by atoms with Crippen molar-refractivity contribution in [2.45, 2.75) is 25.8 Å². The molecule has 0 saturated carbocycles. The first kappa shape index (κ1) is 11.3. The molecule has 3 nitrogen and oxygen atoms in total. The highest BCUT2D eigenvalue weighted by Gasteiger charge is 2.26. The van der Waals surface area contributed by atoms with Gasteiger partial charge in [0.15, 0.2) is 0 Å². The maximum Gasteiger partial charge on any atom is 0.239 e. The number of nitrogens with zero attached hydrogens (tertiary/aromatic N) is 1. The number of amides is 1. The van der Waals surface area contributed by atoms with Crippen LogP contribution in [0.5, 0.6) is 0 Å². The van der Waals surface area contributed by atoms with Crippen molar-refractivity contribution in [3.8, 4) is 0 Å². The van der Waals surface area contributed by atoms with Crippen LogP contribution in [0.2, 0.25) is 0 Å². The van der Waals surface area contributed by atoms with Crippen LogP contribution in [-0.4, -0.2) is 48.0 Å². The molecule has 2 fully saturated rings. The Kier molecular flexibility index (Phi) is 3.92. The first-order valence-corrected chi connectivity index (χ1v) is 7.03. The Hall–Kier alpha value is -0.220. The SMILES string of the molecule is CC1NCCCN(CC2CCSC2)C1=O. The summed E-state index contributed by atoms with van der Waals surface area (Å²) >= 11 is 2.02. The summed E-state index contributed by atoms with van der Waals surface area (Å²) in [6, 6.07) is 0.0153. The molecule has 1 amide bonds. The predicted molar refractivity (Wildman–Crippen MR) is 64.1 cm³/mol. The number of thioether (sulfide) groups is 1. The summed E-state index contributed by atoms with van der Waals surface area (Å²) in [5, 5.41) is 3.25. The Morgan fingerprint density at radius 1 is 1.60 bits per heavy atom. The molecule has 15 heavy (non-hydrogen) atoms. The van der Waals surface area contributed by atoms with Gasteiger partial charge in [-0.3, -0.25) is 4.79 Å². The molecule has 2 atom stereocenters. The van der Waals surface area contributed by atoms with Gasteiger partial charge in [-0.15, -0.1) is 0 Å². The van der Waals surface area contributed by atoms with Crippen molar-refractivity contribution < 1.29 is 4.79 Å². The maximum absolute atomic E-state index is 12.0. The molecule has 0 bridgehead atoms. The third-order valence-corrected chi connectivity index (χ3v) is 4.47. The van der Waals surface area contributed by atoms with Crippen LogP contribution in [0.3, 0.4) is 0 Å². The molecule has 1 N–H and O–H groups in total. The molecule has 86 valence electrons. The minimum Gasteiger partial charge on any atom is -0.341 e. The van der Waals surface area contributed by atoms with Gasteiger partial charge in [0, 0.05) is 13.1 Å². The predicted octanol–water partition coefficient (Wildman–Crippen LogP) is 0.950. The lowest BCUT2D eigenvalue weighted by Crippen LogP contribution is -2.43. The van der Waals surface area contributed by atoms with Gasteiger partial charge in [-0.1, -0.05) is 0 Å². The topological polar surface area (TPSA) is 32.3 Å². The highest BCUT2D eigenvalue weighted by Crippen LogP contribution is 2.24. The highest BCUT2D eigenvalue weighted by molar-refractivity contribution is 7.99. The van der Waals surface area contributed by atoms with E-state index in [0.717, 1.165) is 32.0 Å². The number of hydrogen-bond donors (Lipinski definition) is 1. The van der Waals surface area contributed by atoms with Crippen molar-refractivity contribution in [1.82, 2.24) is 10.2 Å². The summed E-state index contributed by atoms with van der Waals surface area (Å²) in [5.74, 6) is 3.56. The summed E-state index contributed by atoms with van der Waals surface area (Å²) in [4.78, 5) is 14.1. The van der Waals surface area contributed by atoms with Gasteiger partial charge in [-0.05, 0) is 43.7 Å². The van der Waals surface area contributed by atoms with E-state index >= 15 is 0 Å². The lowest BCUT2D eigenvalue weighted by molar-refractivity contribution is -0.132. The minimum atomic E-state index is 0.0153. The van der Waals surface area contributed by atoms with Crippen LogP contribution >= 0.6 is 11.8 Å². The summed E-state index contributed by atoms with van der Waals surface area (Å²) < 4.78 is 0. The molecule has 2 heterocycles. The zero-order valence-corrected chi connectivity index (χ0v) is 10.2. The van der Waals surface area contributed by atoms with Gasteiger partial charge in [-0.2, -0.15) is 11.8 Å².